The second-order valence-corrected chi connectivity index (χ2v) is 3.14. The Labute approximate surface area is 85.1 Å². The van der Waals surface area contributed by atoms with Crippen molar-refractivity contribution in [3.63, 3.8) is 0 Å². The molecule has 15 heavy (non-hydrogen) atoms. The van der Waals surface area contributed by atoms with E-state index in [9.17, 15) is 17.6 Å². The molecule has 0 fully saturated rings. The Hall–Kier alpha value is -1.10. The molecule has 0 aliphatic heterocycles. The van der Waals surface area contributed by atoms with Crippen LogP contribution in [-0.4, -0.2) is 7.05 Å². The highest BCUT2D eigenvalue weighted by Gasteiger charge is 2.22. The summed E-state index contributed by atoms with van der Waals surface area (Å²) in [5, 5.41) is 2.69. The van der Waals surface area contributed by atoms with Crippen LogP contribution in [0.25, 0.3) is 0 Å². The molecule has 0 saturated carbocycles. The van der Waals surface area contributed by atoms with E-state index in [0.29, 0.717) is 12.5 Å². The largest absolute Gasteiger partial charge is 0.313 e. The van der Waals surface area contributed by atoms with Gasteiger partial charge >= 0.3 is 0 Å². The maximum atomic E-state index is 13.2. The van der Waals surface area contributed by atoms with Gasteiger partial charge in [0.15, 0.2) is 23.3 Å². The average Bonchev–Trinajstić information content (AvgIpc) is 2.24. The van der Waals surface area contributed by atoms with Crippen LogP contribution >= 0.6 is 0 Å². The van der Waals surface area contributed by atoms with Crippen molar-refractivity contribution < 1.29 is 17.6 Å². The Kier molecular flexibility index (Phi) is 3.68. The first kappa shape index (κ1) is 12.0. The fraction of sp³-hybridized carbons (Fsp3) is 0.400. The number of rotatable bonds is 3. The number of nitrogens with one attached hydrogen (secondary N) is 1. The summed E-state index contributed by atoms with van der Waals surface area (Å²) in [5.74, 6) is -6.26. The molecule has 5 heteroatoms. The van der Waals surface area contributed by atoms with E-state index in [1.54, 1.807) is 6.92 Å². The van der Waals surface area contributed by atoms with Crippen LogP contribution in [-0.2, 0) is 0 Å². The molecule has 0 aliphatic rings. The van der Waals surface area contributed by atoms with Crippen LogP contribution in [0.2, 0.25) is 0 Å². The molecule has 0 spiro atoms. The van der Waals surface area contributed by atoms with E-state index in [1.807, 2.05) is 0 Å². The van der Waals surface area contributed by atoms with Gasteiger partial charge < -0.3 is 5.32 Å². The molecule has 84 valence electrons. The first-order valence-corrected chi connectivity index (χ1v) is 4.53. The Morgan fingerprint density at radius 1 is 1.13 bits per heavy atom. The van der Waals surface area contributed by atoms with Crippen molar-refractivity contribution in [1.29, 1.82) is 0 Å². The molecule has 0 aromatic heterocycles. The van der Waals surface area contributed by atoms with Gasteiger partial charge in [0.25, 0.3) is 0 Å². The van der Waals surface area contributed by atoms with Gasteiger partial charge in [-0.2, -0.15) is 0 Å². The first-order valence-electron chi connectivity index (χ1n) is 4.53. The Balaban J connectivity index is 3.31. The van der Waals surface area contributed by atoms with Crippen LogP contribution in [0.4, 0.5) is 17.6 Å². The fourth-order valence-electron chi connectivity index (χ4n) is 1.42. The Bertz CT molecular complexity index is 361. The minimum atomic E-state index is -1.78. The van der Waals surface area contributed by atoms with Crippen molar-refractivity contribution >= 4 is 0 Å². The molecule has 1 nitrogen and oxygen atoms in total. The van der Waals surface area contributed by atoms with Crippen LogP contribution < -0.4 is 5.32 Å². The Morgan fingerprint density at radius 3 is 2.20 bits per heavy atom. The summed E-state index contributed by atoms with van der Waals surface area (Å²) in [6, 6.07) is 0.146. The molecule has 1 atom stereocenters. The predicted molar refractivity (Wildman–Crippen MR) is 48.4 cm³/mol. The molecule has 1 rings (SSSR count). The highest BCUT2D eigenvalue weighted by Crippen LogP contribution is 2.25. The highest BCUT2D eigenvalue weighted by molar-refractivity contribution is 5.24. The summed E-state index contributed by atoms with van der Waals surface area (Å²) < 4.78 is 51.6. The summed E-state index contributed by atoms with van der Waals surface area (Å²) in [6.45, 7) is 1.72. The van der Waals surface area contributed by atoms with Gasteiger partial charge in [0.05, 0.1) is 0 Å². The van der Waals surface area contributed by atoms with E-state index >= 15 is 0 Å². The maximum absolute atomic E-state index is 13.2. The first-order chi connectivity index (χ1) is 7.02. The van der Waals surface area contributed by atoms with Crippen LogP contribution in [0, 0.1) is 23.3 Å². The molecule has 0 bridgehead atoms. The van der Waals surface area contributed by atoms with E-state index in [2.05, 4.69) is 5.32 Å². The van der Waals surface area contributed by atoms with Crippen molar-refractivity contribution in [1.82, 2.24) is 5.32 Å². The van der Waals surface area contributed by atoms with Crippen molar-refractivity contribution in [3.05, 3.63) is 34.9 Å². The fourth-order valence-corrected chi connectivity index (χ4v) is 1.42. The van der Waals surface area contributed by atoms with Crippen molar-refractivity contribution in [3.8, 4) is 0 Å². The lowest BCUT2D eigenvalue weighted by Gasteiger charge is -2.15. The Morgan fingerprint density at radius 2 is 1.73 bits per heavy atom. The average molecular weight is 221 g/mol. The molecule has 0 heterocycles. The normalized spacial score (nSPS) is 12.9. The molecular weight excluding hydrogens is 210 g/mol. The molecule has 1 aromatic carbocycles. The van der Waals surface area contributed by atoms with Crippen molar-refractivity contribution in [2.24, 2.45) is 0 Å². The quantitative estimate of drug-likeness (QED) is 0.470. The van der Waals surface area contributed by atoms with Gasteiger partial charge in [-0.25, -0.2) is 17.6 Å². The zero-order valence-corrected chi connectivity index (χ0v) is 8.37. The van der Waals surface area contributed by atoms with Gasteiger partial charge in [0.1, 0.15) is 0 Å². The van der Waals surface area contributed by atoms with E-state index < -0.39 is 29.3 Å². The third kappa shape index (κ3) is 2.12. The third-order valence-corrected chi connectivity index (χ3v) is 2.26. The second kappa shape index (κ2) is 4.61. The maximum Gasteiger partial charge on any atom is 0.197 e. The smallest absolute Gasteiger partial charge is 0.197 e. The second-order valence-electron chi connectivity index (χ2n) is 3.14. The van der Waals surface area contributed by atoms with E-state index in [1.165, 1.54) is 7.05 Å². The summed E-state index contributed by atoms with van der Waals surface area (Å²) >= 11 is 0. The summed E-state index contributed by atoms with van der Waals surface area (Å²) in [4.78, 5) is 0. The lowest BCUT2D eigenvalue weighted by Crippen LogP contribution is -2.18. The van der Waals surface area contributed by atoms with E-state index in [4.69, 9.17) is 0 Å². The predicted octanol–water partition coefficient (Wildman–Crippen LogP) is 2.91. The lowest BCUT2D eigenvalue weighted by molar-refractivity contribution is 0.394. The zero-order chi connectivity index (χ0) is 11.6. The standard InChI is InChI=1S/C10H11F4N/c1-3-7(15-2)5-4-6(11)9(13)10(14)8(5)12/h4,7,15H,3H2,1-2H3. The van der Waals surface area contributed by atoms with Gasteiger partial charge in [0, 0.05) is 11.6 Å². The van der Waals surface area contributed by atoms with Crippen LogP contribution in [0.1, 0.15) is 24.9 Å². The van der Waals surface area contributed by atoms with Gasteiger partial charge in [-0.3, -0.25) is 0 Å². The summed E-state index contributed by atoms with van der Waals surface area (Å²) in [7, 11) is 1.53. The molecule has 0 saturated heterocycles. The molecule has 0 amide bonds. The SMILES string of the molecule is CCC(NC)c1cc(F)c(F)c(F)c1F. The van der Waals surface area contributed by atoms with Crippen molar-refractivity contribution in [2.45, 2.75) is 19.4 Å². The van der Waals surface area contributed by atoms with Crippen LogP contribution in [0.5, 0.6) is 0 Å². The van der Waals surface area contributed by atoms with Crippen molar-refractivity contribution in [2.75, 3.05) is 7.05 Å². The molecule has 1 unspecified atom stereocenters. The molecule has 0 radical (unpaired) electrons. The van der Waals surface area contributed by atoms with Gasteiger partial charge in [-0.1, -0.05) is 6.92 Å². The summed E-state index contributed by atoms with van der Waals surface area (Å²) in [5.41, 5.74) is -0.198. The zero-order valence-electron chi connectivity index (χ0n) is 8.37. The van der Waals surface area contributed by atoms with Crippen LogP contribution in [0.15, 0.2) is 6.07 Å². The van der Waals surface area contributed by atoms with E-state index in [-0.39, 0.29) is 5.56 Å². The summed E-state index contributed by atoms with van der Waals surface area (Å²) in [6.07, 6.45) is 0.442. The van der Waals surface area contributed by atoms with E-state index in [0.717, 1.165) is 0 Å². The van der Waals surface area contributed by atoms with Crippen LogP contribution in [0.3, 0.4) is 0 Å². The van der Waals surface area contributed by atoms with Gasteiger partial charge in [-0.05, 0) is 19.5 Å². The lowest BCUT2D eigenvalue weighted by atomic mass is 10.0. The monoisotopic (exact) mass is 221 g/mol. The minimum Gasteiger partial charge on any atom is -0.313 e. The topological polar surface area (TPSA) is 12.0 Å². The molecular formula is C10H11F4N. The highest BCUT2D eigenvalue weighted by atomic mass is 19.2. The molecule has 1 aromatic rings. The molecule has 1 N–H and O–H groups in total. The number of halogens is 4. The number of hydrogen-bond acceptors (Lipinski definition) is 1. The minimum absolute atomic E-state index is 0.198. The number of benzene rings is 1. The van der Waals surface area contributed by atoms with Gasteiger partial charge in [-0.15, -0.1) is 0 Å². The number of hydrogen-bond donors (Lipinski definition) is 1. The molecule has 0 aliphatic carbocycles. The third-order valence-electron chi connectivity index (χ3n) is 2.26. The van der Waals surface area contributed by atoms with Gasteiger partial charge in [0.2, 0.25) is 0 Å².